The second kappa shape index (κ2) is 5.49. The summed E-state index contributed by atoms with van der Waals surface area (Å²) in [6.45, 7) is 5.73. The lowest BCUT2D eigenvalue weighted by Crippen LogP contribution is -2.44. The first-order chi connectivity index (χ1) is 8.60. The van der Waals surface area contributed by atoms with E-state index in [1.54, 1.807) is 0 Å². The van der Waals surface area contributed by atoms with E-state index in [4.69, 9.17) is 9.84 Å². The zero-order valence-corrected chi connectivity index (χ0v) is 10.7. The maximum absolute atomic E-state index is 11.6. The number of aliphatic hydroxyl groups excluding tert-OH is 1. The highest BCUT2D eigenvalue weighted by Gasteiger charge is 2.21. The maximum Gasteiger partial charge on any atom is 0.252 e. The molecule has 0 amide bonds. The van der Waals surface area contributed by atoms with Gasteiger partial charge in [0, 0.05) is 25.1 Å². The lowest BCUT2D eigenvalue weighted by molar-refractivity contribution is 0.00334. The molecule has 0 bridgehead atoms. The Morgan fingerprint density at radius 3 is 3.11 bits per heavy atom. The molecule has 6 nitrogen and oxygen atoms in total. The molecule has 0 radical (unpaired) electrons. The van der Waals surface area contributed by atoms with E-state index in [1.165, 1.54) is 6.07 Å². The maximum atomic E-state index is 11.6. The van der Waals surface area contributed by atoms with Crippen LogP contribution in [-0.4, -0.2) is 47.5 Å². The molecule has 1 fully saturated rings. The van der Waals surface area contributed by atoms with Crippen molar-refractivity contribution in [2.75, 3.05) is 31.2 Å². The molecule has 1 aromatic rings. The number of nitrogens with one attached hydrogen (secondary N) is 1. The average molecular weight is 253 g/mol. The van der Waals surface area contributed by atoms with E-state index in [1.807, 2.05) is 18.7 Å². The fourth-order valence-corrected chi connectivity index (χ4v) is 1.94. The van der Waals surface area contributed by atoms with Gasteiger partial charge in [0.25, 0.3) is 5.56 Å². The number of anilines is 1. The third-order valence-electron chi connectivity index (χ3n) is 2.96. The lowest BCUT2D eigenvalue weighted by atomic mass is 10.2. The fraction of sp³-hybridized carbons (Fsp3) is 0.667. The van der Waals surface area contributed by atoms with Crippen LogP contribution in [0, 0.1) is 0 Å². The Hall–Kier alpha value is -1.40. The van der Waals surface area contributed by atoms with Crippen molar-refractivity contribution in [3.8, 4) is 0 Å². The van der Waals surface area contributed by atoms with Crippen LogP contribution in [0.3, 0.4) is 0 Å². The van der Waals surface area contributed by atoms with Crippen molar-refractivity contribution in [3.05, 3.63) is 22.2 Å². The number of aliphatic hydroxyl groups is 1. The molecule has 18 heavy (non-hydrogen) atoms. The van der Waals surface area contributed by atoms with Gasteiger partial charge in [-0.3, -0.25) is 4.79 Å². The van der Waals surface area contributed by atoms with Gasteiger partial charge in [-0.1, -0.05) is 13.8 Å². The van der Waals surface area contributed by atoms with Gasteiger partial charge < -0.3 is 19.7 Å². The molecule has 0 saturated carbocycles. The molecule has 0 aromatic carbocycles. The minimum atomic E-state index is -0.206. The van der Waals surface area contributed by atoms with Crippen molar-refractivity contribution < 1.29 is 9.84 Å². The number of H-pyrrole nitrogens is 1. The molecule has 100 valence electrons. The lowest BCUT2D eigenvalue weighted by Gasteiger charge is -2.32. The molecule has 6 heteroatoms. The quantitative estimate of drug-likeness (QED) is 0.798. The molecule has 2 rings (SSSR count). The number of hydrogen-bond acceptors (Lipinski definition) is 5. The van der Waals surface area contributed by atoms with Crippen LogP contribution >= 0.6 is 0 Å². The van der Waals surface area contributed by atoms with Crippen LogP contribution in [0.1, 0.15) is 25.6 Å². The Morgan fingerprint density at radius 2 is 2.44 bits per heavy atom. The number of nitrogens with zero attached hydrogens (tertiary/aromatic N) is 2. The van der Waals surface area contributed by atoms with E-state index in [2.05, 4.69) is 9.97 Å². The van der Waals surface area contributed by atoms with E-state index in [9.17, 15) is 4.79 Å². The van der Waals surface area contributed by atoms with Gasteiger partial charge in [-0.25, -0.2) is 4.98 Å². The molecule has 1 atom stereocenters. The van der Waals surface area contributed by atoms with Gasteiger partial charge in [-0.2, -0.15) is 0 Å². The Labute approximate surface area is 106 Å². The first kappa shape index (κ1) is 13.0. The van der Waals surface area contributed by atoms with Gasteiger partial charge in [0.15, 0.2) is 0 Å². The summed E-state index contributed by atoms with van der Waals surface area (Å²) in [5.74, 6) is 1.51. The molecule has 0 spiro atoms. The summed E-state index contributed by atoms with van der Waals surface area (Å²) in [5, 5.41) is 9.11. The number of aromatic amines is 1. The van der Waals surface area contributed by atoms with Crippen molar-refractivity contribution in [3.63, 3.8) is 0 Å². The highest BCUT2D eigenvalue weighted by Crippen LogP contribution is 2.16. The summed E-state index contributed by atoms with van der Waals surface area (Å²) in [5.41, 5.74) is -0.143. The molecule has 1 saturated heterocycles. The highest BCUT2D eigenvalue weighted by atomic mass is 16.5. The number of morpholine rings is 1. The monoisotopic (exact) mass is 253 g/mol. The van der Waals surface area contributed by atoms with Crippen molar-refractivity contribution in [1.29, 1.82) is 0 Å². The second-order valence-electron chi connectivity index (χ2n) is 4.76. The molecule has 1 aliphatic heterocycles. The molecule has 1 aromatic heterocycles. The normalized spacial score (nSPS) is 20.4. The Kier molecular flexibility index (Phi) is 3.98. The number of hydrogen-bond donors (Lipinski definition) is 2. The predicted octanol–water partition coefficient (Wildman–Crippen LogP) is 0.0908. The zero-order chi connectivity index (χ0) is 13.1. The summed E-state index contributed by atoms with van der Waals surface area (Å²) in [4.78, 5) is 20.8. The van der Waals surface area contributed by atoms with Crippen LogP contribution in [0.5, 0.6) is 0 Å². The average Bonchev–Trinajstić information content (AvgIpc) is 2.38. The highest BCUT2D eigenvalue weighted by molar-refractivity contribution is 5.38. The SMILES string of the molecule is CC(C)c1nc(N2CCOC(CO)C2)cc(=O)[nH]1. The molecule has 1 aliphatic rings. The second-order valence-corrected chi connectivity index (χ2v) is 4.76. The van der Waals surface area contributed by atoms with Crippen molar-refractivity contribution in [2.45, 2.75) is 25.9 Å². The molecular formula is C12H19N3O3. The number of aromatic nitrogens is 2. The molecule has 2 heterocycles. The Morgan fingerprint density at radius 1 is 1.67 bits per heavy atom. The van der Waals surface area contributed by atoms with Crippen LogP contribution in [0.4, 0.5) is 5.82 Å². The molecule has 2 N–H and O–H groups in total. The standard InChI is InChI=1S/C12H19N3O3/c1-8(2)12-13-10(5-11(17)14-12)15-3-4-18-9(6-15)7-16/h5,8-9,16H,3-4,6-7H2,1-2H3,(H,13,14,17). The molecular weight excluding hydrogens is 234 g/mol. The Balaban J connectivity index is 2.24. The first-order valence-corrected chi connectivity index (χ1v) is 6.19. The van der Waals surface area contributed by atoms with E-state index >= 15 is 0 Å². The third-order valence-corrected chi connectivity index (χ3v) is 2.96. The number of rotatable bonds is 3. The van der Waals surface area contributed by atoms with Gasteiger partial charge >= 0.3 is 0 Å². The largest absolute Gasteiger partial charge is 0.394 e. The summed E-state index contributed by atoms with van der Waals surface area (Å²) in [6, 6.07) is 1.49. The van der Waals surface area contributed by atoms with Gasteiger partial charge in [-0.15, -0.1) is 0 Å². The van der Waals surface area contributed by atoms with Crippen molar-refractivity contribution in [2.24, 2.45) is 0 Å². The van der Waals surface area contributed by atoms with Crippen LogP contribution < -0.4 is 10.5 Å². The van der Waals surface area contributed by atoms with E-state index < -0.39 is 0 Å². The van der Waals surface area contributed by atoms with E-state index in [0.29, 0.717) is 31.3 Å². The van der Waals surface area contributed by atoms with E-state index in [0.717, 1.165) is 0 Å². The zero-order valence-electron chi connectivity index (χ0n) is 10.7. The van der Waals surface area contributed by atoms with Gasteiger partial charge in [0.1, 0.15) is 11.6 Å². The fourth-order valence-electron chi connectivity index (χ4n) is 1.94. The summed E-state index contributed by atoms with van der Waals surface area (Å²) in [7, 11) is 0. The Bertz CT molecular complexity index is 458. The van der Waals surface area contributed by atoms with Gasteiger partial charge in [-0.05, 0) is 0 Å². The summed E-state index contributed by atoms with van der Waals surface area (Å²) < 4.78 is 5.38. The van der Waals surface area contributed by atoms with Gasteiger partial charge in [0.05, 0.1) is 19.3 Å². The minimum absolute atomic E-state index is 0.0171. The summed E-state index contributed by atoms with van der Waals surface area (Å²) >= 11 is 0. The van der Waals surface area contributed by atoms with Crippen molar-refractivity contribution >= 4 is 5.82 Å². The molecule has 0 aliphatic carbocycles. The topological polar surface area (TPSA) is 78.5 Å². The summed E-state index contributed by atoms with van der Waals surface area (Å²) in [6.07, 6.45) is -0.206. The van der Waals surface area contributed by atoms with E-state index in [-0.39, 0.29) is 24.2 Å². The van der Waals surface area contributed by atoms with Crippen LogP contribution in [0.15, 0.2) is 10.9 Å². The first-order valence-electron chi connectivity index (χ1n) is 6.19. The van der Waals surface area contributed by atoms with Crippen LogP contribution in [0.25, 0.3) is 0 Å². The smallest absolute Gasteiger partial charge is 0.252 e. The third kappa shape index (κ3) is 2.88. The molecule has 1 unspecified atom stereocenters. The predicted molar refractivity (Wildman–Crippen MR) is 68.0 cm³/mol. The van der Waals surface area contributed by atoms with Crippen LogP contribution in [0.2, 0.25) is 0 Å². The van der Waals surface area contributed by atoms with Crippen molar-refractivity contribution in [1.82, 2.24) is 9.97 Å². The number of ether oxygens (including phenoxy) is 1. The minimum Gasteiger partial charge on any atom is -0.394 e. The van der Waals surface area contributed by atoms with Crippen LogP contribution in [-0.2, 0) is 4.74 Å². The van der Waals surface area contributed by atoms with Gasteiger partial charge in [0.2, 0.25) is 0 Å².